The number of ether oxygens (including phenoxy) is 1. The Morgan fingerprint density at radius 2 is 2.15 bits per heavy atom. The average Bonchev–Trinajstić information content (AvgIpc) is 2.85. The van der Waals surface area contributed by atoms with E-state index in [1.54, 1.807) is 11.0 Å². The van der Waals surface area contributed by atoms with Gasteiger partial charge >= 0.3 is 0 Å². The van der Waals surface area contributed by atoms with Crippen LogP contribution in [0.5, 0.6) is 0 Å². The maximum absolute atomic E-state index is 11.9. The molecule has 0 spiro atoms. The van der Waals surface area contributed by atoms with Gasteiger partial charge in [0, 0.05) is 45.7 Å². The number of rotatable bonds is 6. The molecular weight excluding hydrogens is 258 g/mol. The Kier molecular flexibility index (Phi) is 5.55. The first-order valence-electron chi connectivity index (χ1n) is 7.17. The van der Waals surface area contributed by atoms with Gasteiger partial charge in [-0.3, -0.25) is 14.5 Å². The summed E-state index contributed by atoms with van der Waals surface area (Å²) in [6.45, 7) is 9.48. The lowest BCUT2D eigenvalue weighted by atomic mass is 10.1. The van der Waals surface area contributed by atoms with E-state index in [-0.39, 0.29) is 17.7 Å². The van der Waals surface area contributed by atoms with Crippen LogP contribution < -0.4 is 5.32 Å². The molecule has 6 nitrogen and oxygen atoms in total. The minimum Gasteiger partial charge on any atom is -0.379 e. The first-order chi connectivity index (χ1) is 9.70. The fourth-order valence-electron chi connectivity index (χ4n) is 2.57. The summed E-state index contributed by atoms with van der Waals surface area (Å²) in [7, 11) is 0. The van der Waals surface area contributed by atoms with Crippen molar-refractivity contribution in [3.8, 4) is 0 Å². The van der Waals surface area contributed by atoms with Crippen LogP contribution in [-0.4, -0.2) is 74.1 Å². The third-order valence-electron chi connectivity index (χ3n) is 3.80. The molecule has 0 aliphatic carbocycles. The molecule has 2 fully saturated rings. The summed E-state index contributed by atoms with van der Waals surface area (Å²) in [6, 6.07) is 0. The van der Waals surface area contributed by atoms with Crippen molar-refractivity contribution in [1.82, 2.24) is 15.1 Å². The molecule has 0 aromatic carbocycles. The van der Waals surface area contributed by atoms with E-state index in [0.29, 0.717) is 26.1 Å². The number of carbonyl (C=O) groups is 2. The van der Waals surface area contributed by atoms with Crippen LogP contribution in [0.15, 0.2) is 12.7 Å². The van der Waals surface area contributed by atoms with Crippen LogP contribution in [0, 0.1) is 5.92 Å². The number of amides is 2. The highest BCUT2D eigenvalue weighted by Gasteiger charge is 2.33. The Balaban J connectivity index is 1.74. The lowest BCUT2D eigenvalue weighted by Gasteiger charge is -2.28. The van der Waals surface area contributed by atoms with Crippen molar-refractivity contribution < 1.29 is 14.3 Å². The Bertz CT molecular complexity index is 367. The van der Waals surface area contributed by atoms with E-state index in [0.717, 1.165) is 32.8 Å². The minimum absolute atomic E-state index is 0.0490. The predicted molar refractivity (Wildman–Crippen MR) is 75.2 cm³/mol. The fourth-order valence-corrected chi connectivity index (χ4v) is 2.57. The van der Waals surface area contributed by atoms with Gasteiger partial charge in [-0.15, -0.1) is 6.58 Å². The molecule has 0 aromatic rings. The third-order valence-corrected chi connectivity index (χ3v) is 3.80. The molecule has 2 aliphatic heterocycles. The summed E-state index contributed by atoms with van der Waals surface area (Å²) >= 11 is 0. The van der Waals surface area contributed by atoms with Crippen LogP contribution in [0.4, 0.5) is 0 Å². The SMILES string of the molecule is C=CCNC(=O)C1CC(=O)N(CCN2CCOCC2)C1. The second kappa shape index (κ2) is 7.40. The molecule has 2 heterocycles. The van der Waals surface area contributed by atoms with E-state index < -0.39 is 0 Å². The second-order valence-corrected chi connectivity index (χ2v) is 5.23. The molecule has 112 valence electrons. The molecule has 2 rings (SSSR count). The molecule has 1 atom stereocenters. The average molecular weight is 281 g/mol. The van der Waals surface area contributed by atoms with Crippen molar-refractivity contribution in [3.63, 3.8) is 0 Å². The lowest BCUT2D eigenvalue weighted by Crippen LogP contribution is -2.42. The second-order valence-electron chi connectivity index (χ2n) is 5.23. The normalized spacial score (nSPS) is 23.9. The molecule has 2 aliphatic rings. The van der Waals surface area contributed by atoms with Crippen molar-refractivity contribution in [2.45, 2.75) is 6.42 Å². The van der Waals surface area contributed by atoms with Gasteiger partial charge in [0.25, 0.3) is 0 Å². The van der Waals surface area contributed by atoms with Gasteiger partial charge in [-0.2, -0.15) is 0 Å². The number of hydrogen-bond donors (Lipinski definition) is 1. The van der Waals surface area contributed by atoms with Crippen molar-refractivity contribution in [1.29, 1.82) is 0 Å². The summed E-state index contributed by atoms with van der Waals surface area (Å²) in [5.41, 5.74) is 0. The quantitative estimate of drug-likeness (QED) is 0.665. The number of nitrogens with one attached hydrogen (secondary N) is 1. The number of carbonyl (C=O) groups excluding carboxylic acids is 2. The van der Waals surface area contributed by atoms with E-state index in [1.807, 2.05) is 0 Å². The maximum Gasteiger partial charge on any atom is 0.225 e. The molecule has 2 saturated heterocycles. The maximum atomic E-state index is 11.9. The van der Waals surface area contributed by atoms with Crippen molar-refractivity contribution in [2.24, 2.45) is 5.92 Å². The molecule has 0 aromatic heterocycles. The Morgan fingerprint density at radius 1 is 1.40 bits per heavy atom. The summed E-state index contributed by atoms with van der Waals surface area (Å²) in [5, 5.41) is 2.76. The first-order valence-corrected chi connectivity index (χ1v) is 7.17. The molecule has 2 amide bonds. The zero-order valence-electron chi connectivity index (χ0n) is 11.8. The van der Waals surface area contributed by atoms with Crippen molar-refractivity contribution in [3.05, 3.63) is 12.7 Å². The van der Waals surface area contributed by atoms with E-state index in [4.69, 9.17) is 4.74 Å². The lowest BCUT2D eigenvalue weighted by molar-refractivity contribution is -0.129. The van der Waals surface area contributed by atoms with Crippen LogP contribution >= 0.6 is 0 Å². The predicted octanol–water partition coefficient (Wildman–Crippen LogP) is -0.531. The van der Waals surface area contributed by atoms with Gasteiger partial charge in [-0.25, -0.2) is 0 Å². The van der Waals surface area contributed by atoms with Crippen LogP contribution in [0.1, 0.15) is 6.42 Å². The van der Waals surface area contributed by atoms with Crippen molar-refractivity contribution in [2.75, 3.05) is 52.5 Å². The Morgan fingerprint density at radius 3 is 2.85 bits per heavy atom. The summed E-state index contributed by atoms with van der Waals surface area (Å²) < 4.78 is 5.30. The highest BCUT2D eigenvalue weighted by atomic mass is 16.5. The van der Waals surface area contributed by atoms with Crippen LogP contribution in [0.2, 0.25) is 0 Å². The highest BCUT2D eigenvalue weighted by Crippen LogP contribution is 2.17. The van der Waals surface area contributed by atoms with Gasteiger partial charge in [-0.1, -0.05) is 6.08 Å². The molecule has 6 heteroatoms. The van der Waals surface area contributed by atoms with Crippen LogP contribution in [0.3, 0.4) is 0 Å². The van der Waals surface area contributed by atoms with Gasteiger partial charge < -0.3 is 15.0 Å². The standard InChI is InChI=1S/C14H23N3O3/c1-2-3-15-14(19)12-10-13(18)17(11-12)5-4-16-6-8-20-9-7-16/h2,12H,1,3-11H2,(H,15,19). The summed E-state index contributed by atoms with van der Waals surface area (Å²) in [6.07, 6.45) is 1.97. The third kappa shape index (κ3) is 4.05. The van der Waals surface area contributed by atoms with Gasteiger partial charge in [0.2, 0.25) is 11.8 Å². The molecular formula is C14H23N3O3. The Labute approximate surface area is 119 Å². The fraction of sp³-hybridized carbons (Fsp3) is 0.714. The van der Waals surface area contributed by atoms with E-state index in [9.17, 15) is 9.59 Å². The van der Waals surface area contributed by atoms with Gasteiger partial charge in [0.05, 0.1) is 19.1 Å². The van der Waals surface area contributed by atoms with Gasteiger partial charge in [-0.05, 0) is 0 Å². The number of hydrogen-bond acceptors (Lipinski definition) is 4. The summed E-state index contributed by atoms with van der Waals surface area (Å²) in [5.74, 6) is -0.184. The molecule has 0 bridgehead atoms. The highest BCUT2D eigenvalue weighted by molar-refractivity contribution is 5.89. The zero-order valence-corrected chi connectivity index (χ0v) is 11.8. The largest absolute Gasteiger partial charge is 0.379 e. The van der Waals surface area contributed by atoms with Crippen LogP contribution in [0.25, 0.3) is 0 Å². The van der Waals surface area contributed by atoms with E-state index in [1.165, 1.54) is 0 Å². The molecule has 0 saturated carbocycles. The number of likely N-dealkylation sites (tertiary alicyclic amines) is 1. The monoisotopic (exact) mass is 281 g/mol. The molecule has 0 radical (unpaired) electrons. The molecule has 20 heavy (non-hydrogen) atoms. The molecule has 1 unspecified atom stereocenters. The van der Waals surface area contributed by atoms with Gasteiger partial charge in [0.15, 0.2) is 0 Å². The van der Waals surface area contributed by atoms with Crippen LogP contribution in [-0.2, 0) is 14.3 Å². The topological polar surface area (TPSA) is 61.9 Å². The van der Waals surface area contributed by atoms with E-state index >= 15 is 0 Å². The first kappa shape index (κ1) is 15.0. The smallest absolute Gasteiger partial charge is 0.225 e. The minimum atomic E-state index is -0.216. The van der Waals surface area contributed by atoms with E-state index in [2.05, 4.69) is 16.8 Å². The van der Waals surface area contributed by atoms with Gasteiger partial charge in [0.1, 0.15) is 0 Å². The number of morpholine rings is 1. The molecule has 1 N–H and O–H groups in total. The summed E-state index contributed by atoms with van der Waals surface area (Å²) in [4.78, 5) is 27.8. The van der Waals surface area contributed by atoms with Crippen molar-refractivity contribution >= 4 is 11.8 Å². The zero-order chi connectivity index (χ0) is 14.4. The number of nitrogens with zero attached hydrogens (tertiary/aromatic N) is 2. The Hall–Kier alpha value is -1.40.